The van der Waals surface area contributed by atoms with E-state index in [1.165, 1.54) is 0 Å². The topological polar surface area (TPSA) is 48.4 Å². The van der Waals surface area contributed by atoms with Crippen LogP contribution in [0.15, 0.2) is 28.7 Å². The van der Waals surface area contributed by atoms with Crippen molar-refractivity contribution in [2.24, 2.45) is 11.7 Å². The molecule has 0 saturated carbocycles. The molecule has 0 bridgehead atoms. The summed E-state index contributed by atoms with van der Waals surface area (Å²) in [6.45, 7) is 1.51. The van der Waals surface area contributed by atoms with Crippen molar-refractivity contribution in [3.05, 3.63) is 35.0 Å². The van der Waals surface area contributed by atoms with E-state index in [4.69, 9.17) is 26.5 Å². The second-order valence-electron chi connectivity index (χ2n) is 4.46. The molecule has 0 spiro atoms. The quantitative estimate of drug-likeness (QED) is 0.892. The molecule has 3 nitrogen and oxygen atoms in total. The van der Waals surface area contributed by atoms with Crippen molar-refractivity contribution in [3.8, 4) is 0 Å². The summed E-state index contributed by atoms with van der Waals surface area (Å²) in [5.41, 5.74) is 6.92. The molecule has 2 N–H and O–H groups in total. The normalized spacial score (nSPS) is 22.1. The zero-order chi connectivity index (χ0) is 11.8. The summed E-state index contributed by atoms with van der Waals surface area (Å²) in [5.74, 6) is 1.14. The lowest BCUT2D eigenvalue weighted by atomic mass is 9.98. The Bertz CT molecular complexity index is 531. The molecular weight excluding hydrogens is 238 g/mol. The molecule has 2 aromatic rings. The smallest absolute Gasteiger partial charge is 0.152 e. The lowest BCUT2D eigenvalue weighted by Crippen LogP contribution is -2.20. The molecule has 2 unspecified atom stereocenters. The predicted molar refractivity (Wildman–Crippen MR) is 67.1 cm³/mol. The van der Waals surface area contributed by atoms with Crippen LogP contribution in [0.5, 0.6) is 0 Å². The van der Waals surface area contributed by atoms with Gasteiger partial charge in [0.1, 0.15) is 5.76 Å². The van der Waals surface area contributed by atoms with E-state index in [2.05, 4.69) is 0 Å². The van der Waals surface area contributed by atoms with Crippen molar-refractivity contribution < 1.29 is 9.15 Å². The second-order valence-corrected chi connectivity index (χ2v) is 4.86. The average molecular weight is 252 g/mol. The summed E-state index contributed by atoms with van der Waals surface area (Å²) in [4.78, 5) is 0. The fourth-order valence-corrected chi connectivity index (χ4v) is 2.50. The number of fused-ring (bicyclic) bond motifs is 1. The Morgan fingerprint density at radius 2 is 2.29 bits per heavy atom. The van der Waals surface area contributed by atoms with Gasteiger partial charge in [-0.1, -0.05) is 23.7 Å². The van der Waals surface area contributed by atoms with Gasteiger partial charge in [0.2, 0.25) is 0 Å². The maximum atomic E-state index is 6.20. The van der Waals surface area contributed by atoms with Crippen LogP contribution in [0.2, 0.25) is 5.02 Å². The molecule has 0 amide bonds. The molecule has 2 atom stereocenters. The lowest BCUT2D eigenvalue weighted by Gasteiger charge is -2.14. The first kappa shape index (κ1) is 11.1. The van der Waals surface area contributed by atoms with Gasteiger partial charge in [-0.2, -0.15) is 0 Å². The standard InChI is InChI=1S/C13H14ClNO2/c14-10-3-1-2-8-6-11(17-13(8)10)12(15)9-4-5-16-7-9/h1-3,6,9,12H,4-5,7,15H2. The first-order valence-corrected chi connectivity index (χ1v) is 6.15. The van der Waals surface area contributed by atoms with Crippen LogP contribution in [-0.4, -0.2) is 13.2 Å². The van der Waals surface area contributed by atoms with Gasteiger partial charge in [0.15, 0.2) is 5.58 Å². The number of rotatable bonds is 2. The maximum absolute atomic E-state index is 6.20. The highest BCUT2D eigenvalue weighted by atomic mass is 35.5. The molecule has 1 fully saturated rings. The fraction of sp³-hybridized carbons (Fsp3) is 0.385. The number of para-hydroxylation sites is 1. The predicted octanol–water partition coefficient (Wildman–Crippen LogP) is 3.12. The van der Waals surface area contributed by atoms with Crippen molar-refractivity contribution >= 4 is 22.6 Å². The molecule has 4 heteroatoms. The number of benzene rings is 1. The van der Waals surface area contributed by atoms with Gasteiger partial charge in [-0.15, -0.1) is 0 Å². The first-order chi connectivity index (χ1) is 8.25. The van der Waals surface area contributed by atoms with Gasteiger partial charge in [0, 0.05) is 17.9 Å². The van der Waals surface area contributed by atoms with E-state index in [0.29, 0.717) is 17.5 Å². The highest BCUT2D eigenvalue weighted by Crippen LogP contribution is 2.33. The molecule has 1 aliphatic rings. The molecule has 1 aromatic carbocycles. The Morgan fingerprint density at radius 3 is 3.00 bits per heavy atom. The molecule has 1 aromatic heterocycles. The molecule has 2 heterocycles. The first-order valence-electron chi connectivity index (χ1n) is 5.77. The van der Waals surface area contributed by atoms with Crippen LogP contribution in [0.25, 0.3) is 11.0 Å². The third-order valence-corrected chi connectivity index (χ3v) is 3.61. The molecule has 17 heavy (non-hydrogen) atoms. The van der Waals surface area contributed by atoms with E-state index in [1.54, 1.807) is 0 Å². The van der Waals surface area contributed by atoms with Crippen LogP contribution in [0.3, 0.4) is 0 Å². The Labute approximate surface area is 104 Å². The van der Waals surface area contributed by atoms with E-state index < -0.39 is 0 Å². The van der Waals surface area contributed by atoms with Gasteiger partial charge in [0.05, 0.1) is 17.7 Å². The lowest BCUT2D eigenvalue weighted by molar-refractivity contribution is 0.178. The minimum atomic E-state index is -0.110. The van der Waals surface area contributed by atoms with Crippen LogP contribution in [0.1, 0.15) is 18.2 Å². The van der Waals surface area contributed by atoms with Crippen molar-refractivity contribution in [3.63, 3.8) is 0 Å². The van der Waals surface area contributed by atoms with E-state index >= 15 is 0 Å². The number of furan rings is 1. The van der Waals surface area contributed by atoms with Crippen LogP contribution in [-0.2, 0) is 4.74 Å². The highest BCUT2D eigenvalue weighted by Gasteiger charge is 2.26. The van der Waals surface area contributed by atoms with Gasteiger partial charge in [-0.05, 0) is 18.6 Å². The average Bonchev–Trinajstić information content (AvgIpc) is 2.98. The summed E-state index contributed by atoms with van der Waals surface area (Å²) in [7, 11) is 0. The Kier molecular flexibility index (Phi) is 2.82. The largest absolute Gasteiger partial charge is 0.458 e. The summed E-state index contributed by atoms with van der Waals surface area (Å²) in [6.07, 6.45) is 0.992. The minimum Gasteiger partial charge on any atom is -0.458 e. The molecule has 0 radical (unpaired) electrons. The number of halogens is 1. The SMILES string of the molecule is NC(c1cc2cccc(Cl)c2o1)C1CCOC1. The molecule has 1 saturated heterocycles. The zero-order valence-electron chi connectivity index (χ0n) is 9.36. The second kappa shape index (κ2) is 4.33. The van der Waals surface area contributed by atoms with Gasteiger partial charge in [0.25, 0.3) is 0 Å². The molecule has 1 aliphatic heterocycles. The Hall–Kier alpha value is -1.03. The number of nitrogens with two attached hydrogens (primary N) is 1. The van der Waals surface area contributed by atoms with Crippen LogP contribution < -0.4 is 5.73 Å². The van der Waals surface area contributed by atoms with Crippen molar-refractivity contribution in [2.45, 2.75) is 12.5 Å². The van der Waals surface area contributed by atoms with Gasteiger partial charge >= 0.3 is 0 Å². The van der Waals surface area contributed by atoms with Crippen molar-refractivity contribution in [1.29, 1.82) is 0 Å². The number of hydrogen-bond donors (Lipinski definition) is 1. The summed E-state index contributed by atoms with van der Waals surface area (Å²) in [5, 5.41) is 1.63. The van der Waals surface area contributed by atoms with Crippen LogP contribution in [0, 0.1) is 5.92 Å². The molecule has 90 valence electrons. The van der Waals surface area contributed by atoms with Crippen molar-refractivity contribution in [1.82, 2.24) is 0 Å². The summed E-state index contributed by atoms with van der Waals surface area (Å²) in [6, 6.07) is 7.58. The van der Waals surface area contributed by atoms with E-state index in [1.807, 2.05) is 24.3 Å². The maximum Gasteiger partial charge on any atom is 0.152 e. The molecular formula is C13H14ClNO2. The monoisotopic (exact) mass is 251 g/mol. The van der Waals surface area contributed by atoms with Crippen LogP contribution >= 0.6 is 11.6 Å². The Morgan fingerprint density at radius 1 is 1.41 bits per heavy atom. The van der Waals surface area contributed by atoms with E-state index in [9.17, 15) is 0 Å². The number of ether oxygens (including phenoxy) is 1. The van der Waals surface area contributed by atoms with Gasteiger partial charge < -0.3 is 14.9 Å². The van der Waals surface area contributed by atoms with E-state index in [0.717, 1.165) is 29.8 Å². The van der Waals surface area contributed by atoms with Gasteiger partial charge in [-0.25, -0.2) is 0 Å². The highest BCUT2D eigenvalue weighted by molar-refractivity contribution is 6.34. The minimum absolute atomic E-state index is 0.110. The number of hydrogen-bond acceptors (Lipinski definition) is 3. The summed E-state index contributed by atoms with van der Waals surface area (Å²) >= 11 is 6.08. The molecule has 0 aliphatic carbocycles. The zero-order valence-corrected chi connectivity index (χ0v) is 10.1. The third-order valence-electron chi connectivity index (χ3n) is 3.32. The van der Waals surface area contributed by atoms with Gasteiger partial charge in [-0.3, -0.25) is 0 Å². The molecule has 3 rings (SSSR count). The van der Waals surface area contributed by atoms with Crippen LogP contribution in [0.4, 0.5) is 0 Å². The summed E-state index contributed by atoms with van der Waals surface area (Å²) < 4.78 is 11.1. The Balaban J connectivity index is 1.97. The third kappa shape index (κ3) is 1.95. The van der Waals surface area contributed by atoms with Crippen molar-refractivity contribution in [2.75, 3.05) is 13.2 Å². The van der Waals surface area contributed by atoms with E-state index in [-0.39, 0.29) is 6.04 Å². The fourth-order valence-electron chi connectivity index (χ4n) is 2.28.